The average molecular weight is 433 g/mol. The van der Waals surface area contributed by atoms with E-state index in [1.165, 1.54) is 40.5 Å². The Kier molecular flexibility index (Phi) is 6.60. The highest BCUT2D eigenvalue weighted by Gasteiger charge is 2.22. The standard InChI is InChI=1S/C20H21FN4O2S2/c21-14-5-7-15(8-6-14)22-19(26)20-24-23-18(29-20)13-25(11-16-3-1-9-27-16)12-17-4-2-10-28-17/h2,4-8,10,16H,1,3,9,11-13H2,(H,22,26)/t16-/m1/s1. The number of aromatic nitrogens is 2. The molecule has 0 aliphatic carbocycles. The second-order valence-corrected chi connectivity index (χ2v) is 8.94. The van der Waals surface area contributed by atoms with Crippen molar-refractivity contribution in [3.63, 3.8) is 0 Å². The van der Waals surface area contributed by atoms with E-state index in [0.29, 0.717) is 12.2 Å². The third-order valence-electron chi connectivity index (χ3n) is 4.57. The molecule has 4 rings (SSSR count). The van der Waals surface area contributed by atoms with Gasteiger partial charge in [0, 0.05) is 30.3 Å². The maximum absolute atomic E-state index is 13.0. The van der Waals surface area contributed by atoms with Crippen molar-refractivity contribution in [3.05, 3.63) is 62.5 Å². The van der Waals surface area contributed by atoms with Gasteiger partial charge in [-0.3, -0.25) is 9.69 Å². The summed E-state index contributed by atoms with van der Waals surface area (Å²) >= 11 is 3.00. The molecule has 0 unspecified atom stereocenters. The second kappa shape index (κ2) is 9.53. The van der Waals surface area contributed by atoms with Crippen molar-refractivity contribution in [1.82, 2.24) is 15.1 Å². The molecule has 6 nitrogen and oxygen atoms in total. The zero-order valence-corrected chi connectivity index (χ0v) is 17.3. The molecule has 29 heavy (non-hydrogen) atoms. The minimum absolute atomic E-state index is 0.240. The minimum atomic E-state index is -0.349. The van der Waals surface area contributed by atoms with Crippen molar-refractivity contribution in [1.29, 1.82) is 0 Å². The van der Waals surface area contributed by atoms with Gasteiger partial charge >= 0.3 is 0 Å². The molecule has 0 saturated carbocycles. The first kappa shape index (κ1) is 20.1. The Labute approximate surface area is 176 Å². The Morgan fingerprint density at radius 1 is 1.24 bits per heavy atom. The molecule has 1 aromatic carbocycles. The maximum Gasteiger partial charge on any atom is 0.286 e. The van der Waals surface area contributed by atoms with Crippen molar-refractivity contribution in [2.45, 2.75) is 32.0 Å². The van der Waals surface area contributed by atoms with E-state index < -0.39 is 0 Å². The van der Waals surface area contributed by atoms with Gasteiger partial charge < -0.3 is 10.1 Å². The fraction of sp³-hybridized carbons (Fsp3) is 0.350. The molecule has 2 aromatic heterocycles. The number of carbonyl (C=O) groups is 1. The van der Waals surface area contributed by atoms with Gasteiger partial charge in [-0.25, -0.2) is 4.39 Å². The van der Waals surface area contributed by atoms with Gasteiger partial charge in [0.15, 0.2) is 0 Å². The van der Waals surface area contributed by atoms with Crippen molar-refractivity contribution >= 4 is 34.3 Å². The Morgan fingerprint density at radius 2 is 2.10 bits per heavy atom. The van der Waals surface area contributed by atoms with Crippen molar-refractivity contribution in [2.24, 2.45) is 0 Å². The number of thiophene rings is 1. The van der Waals surface area contributed by atoms with Crippen molar-refractivity contribution < 1.29 is 13.9 Å². The van der Waals surface area contributed by atoms with Crippen LogP contribution < -0.4 is 5.32 Å². The fourth-order valence-corrected chi connectivity index (χ4v) is 4.73. The van der Waals surface area contributed by atoms with Crippen LogP contribution in [-0.4, -0.2) is 40.3 Å². The fourth-order valence-electron chi connectivity index (χ4n) is 3.20. The lowest BCUT2D eigenvalue weighted by atomic mass is 10.2. The largest absolute Gasteiger partial charge is 0.377 e. The molecule has 3 heterocycles. The van der Waals surface area contributed by atoms with Crippen LogP contribution in [0.3, 0.4) is 0 Å². The summed E-state index contributed by atoms with van der Waals surface area (Å²) in [4.78, 5) is 16.0. The highest BCUT2D eigenvalue weighted by molar-refractivity contribution is 7.13. The lowest BCUT2D eigenvalue weighted by Crippen LogP contribution is -2.31. The van der Waals surface area contributed by atoms with E-state index in [2.05, 4.69) is 31.9 Å². The Morgan fingerprint density at radius 3 is 2.83 bits per heavy atom. The predicted molar refractivity (Wildman–Crippen MR) is 112 cm³/mol. The van der Waals surface area contributed by atoms with E-state index >= 15 is 0 Å². The number of halogens is 1. The number of rotatable bonds is 8. The first-order valence-corrected chi connectivity index (χ1v) is 11.1. The number of amides is 1. The number of nitrogens with zero attached hydrogens (tertiary/aromatic N) is 3. The lowest BCUT2D eigenvalue weighted by Gasteiger charge is -2.23. The van der Waals surface area contributed by atoms with Crippen LogP contribution in [0.4, 0.5) is 10.1 Å². The molecule has 1 aliphatic rings. The van der Waals surface area contributed by atoms with Crippen LogP contribution in [0.15, 0.2) is 41.8 Å². The quantitative estimate of drug-likeness (QED) is 0.579. The normalized spacial score (nSPS) is 16.4. The van der Waals surface area contributed by atoms with Gasteiger partial charge in [-0.15, -0.1) is 21.5 Å². The molecule has 0 spiro atoms. The van der Waals surface area contributed by atoms with E-state index in [1.807, 2.05) is 6.07 Å². The first-order valence-electron chi connectivity index (χ1n) is 9.41. The summed E-state index contributed by atoms with van der Waals surface area (Å²) in [5.74, 6) is -0.692. The number of hydrogen-bond acceptors (Lipinski definition) is 7. The number of ether oxygens (including phenoxy) is 1. The van der Waals surface area contributed by atoms with Crippen LogP contribution in [0, 0.1) is 5.82 Å². The lowest BCUT2D eigenvalue weighted by molar-refractivity contribution is 0.0681. The Hall–Kier alpha value is -2.20. The van der Waals surface area contributed by atoms with E-state index in [0.717, 1.165) is 37.5 Å². The summed E-state index contributed by atoms with van der Waals surface area (Å²) in [6.07, 6.45) is 2.41. The Bertz CT molecular complexity index is 924. The summed E-state index contributed by atoms with van der Waals surface area (Å²) in [5.41, 5.74) is 0.519. The van der Waals surface area contributed by atoms with Gasteiger partial charge in [0.2, 0.25) is 5.01 Å². The van der Waals surface area contributed by atoms with Gasteiger partial charge in [0.1, 0.15) is 10.8 Å². The van der Waals surface area contributed by atoms with Gasteiger partial charge in [-0.05, 0) is 48.6 Å². The zero-order valence-electron chi connectivity index (χ0n) is 15.7. The SMILES string of the molecule is O=C(Nc1ccc(F)cc1)c1nnc(CN(Cc2cccs2)C[C@H]2CCCO2)s1. The van der Waals surface area contributed by atoms with Gasteiger partial charge in [0.05, 0.1) is 12.6 Å². The van der Waals surface area contributed by atoms with E-state index in [-0.39, 0.29) is 22.8 Å². The smallest absolute Gasteiger partial charge is 0.286 e. The molecule has 1 aliphatic heterocycles. The average Bonchev–Trinajstić information content (AvgIpc) is 3.47. The van der Waals surface area contributed by atoms with Crippen molar-refractivity contribution in [3.8, 4) is 0 Å². The highest BCUT2D eigenvalue weighted by Crippen LogP contribution is 2.21. The molecule has 0 radical (unpaired) electrons. The third-order valence-corrected chi connectivity index (χ3v) is 6.34. The topological polar surface area (TPSA) is 67.4 Å². The van der Waals surface area contributed by atoms with Crippen LogP contribution in [0.2, 0.25) is 0 Å². The van der Waals surface area contributed by atoms with E-state index in [9.17, 15) is 9.18 Å². The maximum atomic E-state index is 13.0. The summed E-state index contributed by atoms with van der Waals surface area (Å²) in [6, 6.07) is 9.80. The molecule has 3 aromatic rings. The second-order valence-electron chi connectivity index (χ2n) is 6.85. The number of hydrogen-bond donors (Lipinski definition) is 1. The summed E-state index contributed by atoms with van der Waals surface area (Å²) in [7, 11) is 0. The zero-order chi connectivity index (χ0) is 20.1. The number of nitrogens with one attached hydrogen (secondary N) is 1. The molecule has 1 atom stereocenters. The van der Waals surface area contributed by atoms with Crippen LogP contribution >= 0.6 is 22.7 Å². The molecule has 1 fully saturated rings. The van der Waals surface area contributed by atoms with Crippen LogP contribution in [0.5, 0.6) is 0 Å². The molecule has 1 amide bonds. The van der Waals surface area contributed by atoms with Crippen LogP contribution in [0.25, 0.3) is 0 Å². The van der Waals surface area contributed by atoms with Gasteiger partial charge in [-0.1, -0.05) is 17.4 Å². The molecule has 152 valence electrons. The number of benzene rings is 1. The first-order chi connectivity index (χ1) is 14.2. The van der Waals surface area contributed by atoms with Gasteiger partial charge in [-0.2, -0.15) is 0 Å². The van der Waals surface area contributed by atoms with Crippen LogP contribution in [0.1, 0.15) is 32.5 Å². The molecule has 1 N–H and O–H groups in total. The Balaban J connectivity index is 1.40. The predicted octanol–water partition coefficient (Wildman–Crippen LogP) is 4.17. The highest BCUT2D eigenvalue weighted by atomic mass is 32.1. The molecule has 9 heteroatoms. The minimum Gasteiger partial charge on any atom is -0.377 e. The van der Waals surface area contributed by atoms with Crippen LogP contribution in [-0.2, 0) is 17.8 Å². The summed E-state index contributed by atoms with van der Waals surface area (Å²) in [6.45, 7) is 3.08. The monoisotopic (exact) mass is 432 g/mol. The molecule has 0 bridgehead atoms. The van der Waals surface area contributed by atoms with Crippen molar-refractivity contribution in [2.75, 3.05) is 18.5 Å². The summed E-state index contributed by atoms with van der Waals surface area (Å²) in [5, 5.41) is 14.1. The molecular formula is C20H21FN4O2S2. The van der Waals surface area contributed by atoms with Gasteiger partial charge in [0.25, 0.3) is 5.91 Å². The summed E-state index contributed by atoms with van der Waals surface area (Å²) < 4.78 is 18.8. The number of anilines is 1. The molecule has 1 saturated heterocycles. The van der Waals surface area contributed by atoms with E-state index in [4.69, 9.17) is 4.74 Å². The number of carbonyl (C=O) groups excluding carboxylic acids is 1. The van der Waals surface area contributed by atoms with E-state index in [1.54, 1.807) is 11.3 Å². The third kappa shape index (κ3) is 5.66. The molecular weight excluding hydrogens is 411 g/mol.